The minimum atomic E-state index is -0.441. The minimum absolute atomic E-state index is 0.0455. The normalized spacial score (nSPS) is 26.0. The number of nitrogens with zero attached hydrogens (tertiary/aromatic N) is 4. The maximum Gasteiger partial charge on any atom is 0.145 e. The van der Waals surface area contributed by atoms with Crippen LogP contribution in [0.25, 0.3) is 21.9 Å². The van der Waals surface area contributed by atoms with Crippen LogP contribution in [0.5, 0.6) is 0 Å². The highest BCUT2D eigenvalue weighted by Gasteiger charge is 2.49. The van der Waals surface area contributed by atoms with Gasteiger partial charge in [0.05, 0.1) is 17.0 Å². The summed E-state index contributed by atoms with van der Waals surface area (Å²) in [7, 11) is 0. The number of nitrogen functional groups attached to an aromatic ring is 2. The molecule has 31 heavy (non-hydrogen) atoms. The zero-order valence-corrected chi connectivity index (χ0v) is 17.7. The summed E-state index contributed by atoms with van der Waals surface area (Å²) in [5.74, 6) is 1.11. The van der Waals surface area contributed by atoms with Crippen molar-refractivity contribution in [2.75, 3.05) is 23.3 Å². The molecule has 0 saturated heterocycles. The van der Waals surface area contributed by atoms with Gasteiger partial charge in [-0.2, -0.15) is 0 Å². The zero-order chi connectivity index (χ0) is 21.8. The van der Waals surface area contributed by atoms with E-state index in [1.807, 2.05) is 36.5 Å². The van der Waals surface area contributed by atoms with Crippen molar-refractivity contribution in [3.05, 3.63) is 48.9 Å². The molecule has 0 amide bonds. The van der Waals surface area contributed by atoms with Crippen molar-refractivity contribution in [2.45, 2.75) is 31.9 Å². The third kappa shape index (κ3) is 3.14. The lowest BCUT2D eigenvalue weighted by Crippen LogP contribution is -2.35. The molecule has 1 saturated carbocycles. The number of aliphatic hydroxyl groups is 1. The molecule has 1 fully saturated rings. The first-order valence-electron chi connectivity index (χ1n) is 10.5. The molecule has 5 rings (SSSR count). The average Bonchev–Trinajstić information content (AvgIpc) is 3.29. The van der Waals surface area contributed by atoms with Gasteiger partial charge >= 0.3 is 0 Å². The van der Waals surface area contributed by atoms with E-state index in [1.165, 1.54) is 6.33 Å². The summed E-state index contributed by atoms with van der Waals surface area (Å²) in [6.07, 6.45) is 3.87. The summed E-state index contributed by atoms with van der Waals surface area (Å²) in [6.45, 7) is 4.94. The van der Waals surface area contributed by atoms with E-state index in [0.717, 1.165) is 34.0 Å². The largest absolute Gasteiger partial charge is 0.392 e. The Bertz CT molecular complexity index is 1270. The Morgan fingerprint density at radius 1 is 1.19 bits per heavy atom. The van der Waals surface area contributed by atoms with Gasteiger partial charge in [0.2, 0.25) is 0 Å². The van der Waals surface area contributed by atoms with E-state index in [2.05, 4.69) is 38.7 Å². The summed E-state index contributed by atoms with van der Waals surface area (Å²) in [5.41, 5.74) is 14.2. The Hall–Kier alpha value is -3.39. The predicted octanol–water partition coefficient (Wildman–Crippen LogP) is 2.99. The molecule has 4 atom stereocenters. The first kappa shape index (κ1) is 19.6. The van der Waals surface area contributed by atoms with Crippen LogP contribution in [0.15, 0.2) is 48.9 Å². The van der Waals surface area contributed by atoms with Crippen LogP contribution in [0.4, 0.5) is 17.3 Å². The number of rotatable bonds is 4. The molecule has 8 heteroatoms. The molecular weight excluding hydrogens is 390 g/mol. The average molecular weight is 418 g/mol. The van der Waals surface area contributed by atoms with Crippen molar-refractivity contribution in [2.24, 2.45) is 11.8 Å². The lowest BCUT2D eigenvalue weighted by atomic mass is 9.89. The van der Waals surface area contributed by atoms with Crippen molar-refractivity contribution >= 4 is 39.3 Å². The van der Waals surface area contributed by atoms with E-state index in [0.29, 0.717) is 18.2 Å². The number of benzene rings is 1. The quantitative estimate of drug-likeness (QED) is 0.402. The fraction of sp³-hybridized carbons (Fsp3) is 0.348. The fourth-order valence-electron chi connectivity index (χ4n) is 5.00. The van der Waals surface area contributed by atoms with Gasteiger partial charge in [-0.05, 0) is 43.7 Å². The number of nitrogens with one attached hydrogen (secondary N) is 1. The van der Waals surface area contributed by atoms with Crippen LogP contribution in [-0.4, -0.2) is 37.3 Å². The molecule has 160 valence electrons. The number of aliphatic hydroxyl groups excluding tert-OH is 1. The molecule has 1 aliphatic carbocycles. The van der Waals surface area contributed by atoms with Gasteiger partial charge in [0.25, 0.3) is 0 Å². The lowest BCUT2D eigenvalue weighted by molar-refractivity contribution is 0.0813. The summed E-state index contributed by atoms with van der Waals surface area (Å²) in [4.78, 5) is 13.0. The van der Waals surface area contributed by atoms with Crippen LogP contribution in [0.3, 0.4) is 0 Å². The van der Waals surface area contributed by atoms with Gasteiger partial charge in [-0.25, -0.2) is 15.0 Å². The monoisotopic (exact) mass is 417 g/mol. The number of anilines is 3. The van der Waals surface area contributed by atoms with Crippen LogP contribution < -0.4 is 16.8 Å². The molecule has 0 aliphatic heterocycles. The van der Waals surface area contributed by atoms with E-state index in [9.17, 15) is 5.11 Å². The Labute approximate surface area is 180 Å². The third-order valence-corrected chi connectivity index (χ3v) is 7.00. The first-order chi connectivity index (χ1) is 14.9. The topological polar surface area (TPSA) is 128 Å². The number of nitrogens with two attached hydrogens (primary N) is 2. The van der Waals surface area contributed by atoms with E-state index in [1.54, 1.807) is 6.07 Å². The second-order valence-corrected chi connectivity index (χ2v) is 8.81. The van der Waals surface area contributed by atoms with Gasteiger partial charge in [-0.1, -0.05) is 13.0 Å². The van der Waals surface area contributed by atoms with Crippen LogP contribution in [0.1, 0.15) is 20.3 Å². The predicted molar refractivity (Wildman–Crippen MR) is 124 cm³/mol. The lowest BCUT2D eigenvalue weighted by Gasteiger charge is -2.32. The van der Waals surface area contributed by atoms with Gasteiger partial charge in [0.15, 0.2) is 0 Å². The summed E-state index contributed by atoms with van der Waals surface area (Å²) >= 11 is 0. The highest BCUT2D eigenvalue weighted by atomic mass is 16.3. The third-order valence-electron chi connectivity index (χ3n) is 7.00. The Balaban J connectivity index is 1.38. The van der Waals surface area contributed by atoms with Crippen molar-refractivity contribution in [3.8, 4) is 0 Å². The van der Waals surface area contributed by atoms with E-state index in [-0.39, 0.29) is 17.4 Å². The van der Waals surface area contributed by atoms with Crippen molar-refractivity contribution in [1.82, 2.24) is 19.5 Å². The Kier molecular flexibility index (Phi) is 4.48. The standard InChI is InChI=1S/C23H27N7O/c1-13-20(31)15(11-26-16-5-3-14-4-6-19(24)29-18(14)9-16)10-23(13,2)30-8-7-17-21(25)27-12-28-22(17)30/h3-9,12-13,15,20,26,31H,10-11H2,1-2H3,(H2,24,29)(H2,25,27,28)/t13-,15-,20+,23-/m1/s1. The Morgan fingerprint density at radius 2 is 2.00 bits per heavy atom. The molecule has 0 unspecified atom stereocenters. The summed E-state index contributed by atoms with van der Waals surface area (Å²) in [5, 5.41) is 16.4. The van der Waals surface area contributed by atoms with Crippen LogP contribution in [0, 0.1) is 11.8 Å². The summed E-state index contributed by atoms with van der Waals surface area (Å²) < 4.78 is 2.15. The van der Waals surface area contributed by atoms with Gasteiger partial charge < -0.3 is 26.5 Å². The number of hydrogen-bond acceptors (Lipinski definition) is 7. The van der Waals surface area contributed by atoms with Crippen LogP contribution in [0.2, 0.25) is 0 Å². The molecule has 8 nitrogen and oxygen atoms in total. The minimum Gasteiger partial charge on any atom is -0.392 e. The molecule has 0 spiro atoms. The highest BCUT2D eigenvalue weighted by molar-refractivity contribution is 5.86. The maximum atomic E-state index is 11.1. The van der Waals surface area contributed by atoms with Crippen molar-refractivity contribution in [1.29, 1.82) is 0 Å². The van der Waals surface area contributed by atoms with Gasteiger partial charge in [-0.15, -0.1) is 0 Å². The molecule has 3 heterocycles. The molecule has 6 N–H and O–H groups in total. The van der Waals surface area contributed by atoms with Gasteiger partial charge in [0.1, 0.15) is 23.6 Å². The number of aromatic nitrogens is 4. The second kappa shape index (κ2) is 7.09. The zero-order valence-electron chi connectivity index (χ0n) is 17.7. The smallest absolute Gasteiger partial charge is 0.145 e. The van der Waals surface area contributed by atoms with Crippen molar-refractivity contribution < 1.29 is 5.11 Å². The van der Waals surface area contributed by atoms with Crippen LogP contribution in [-0.2, 0) is 5.54 Å². The fourth-order valence-corrected chi connectivity index (χ4v) is 5.00. The van der Waals surface area contributed by atoms with Gasteiger partial charge in [0, 0.05) is 41.2 Å². The van der Waals surface area contributed by atoms with E-state index >= 15 is 0 Å². The molecule has 1 aromatic carbocycles. The highest BCUT2D eigenvalue weighted by Crippen LogP contribution is 2.46. The number of pyridine rings is 1. The van der Waals surface area contributed by atoms with Crippen LogP contribution >= 0.6 is 0 Å². The molecule has 0 bridgehead atoms. The number of hydrogen-bond donors (Lipinski definition) is 4. The van der Waals surface area contributed by atoms with Crippen molar-refractivity contribution in [3.63, 3.8) is 0 Å². The maximum absolute atomic E-state index is 11.1. The summed E-state index contributed by atoms with van der Waals surface area (Å²) in [6, 6.07) is 11.8. The van der Waals surface area contributed by atoms with E-state index < -0.39 is 6.10 Å². The van der Waals surface area contributed by atoms with Gasteiger partial charge in [-0.3, -0.25) is 0 Å². The number of fused-ring (bicyclic) bond motifs is 2. The second-order valence-electron chi connectivity index (χ2n) is 8.81. The molecule has 0 radical (unpaired) electrons. The van der Waals surface area contributed by atoms with E-state index in [4.69, 9.17) is 11.5 Å². The molecule has 4 aromatic rings. The Morgan fingerprint density at radius 3 is 2.84 bits per heavy atom. The molecule has 3 aromatic heterocycles. The SMILES string of the molecule is C[C@@H]1[C@H](O)[C@@H](CNc2ccc3ccc(N)nc3c2)C[C@@]1(C)n1ccc2c(N)ncnc21. The first-order valence-corrected chi connectivity index (χ1v) is 10.5. The molecule has 1 aliphatic rings. The molecular formula is C23H27N7O.